The molecule has 7 heteroatoms. The summed E-state index contributed by atoms with van der Waals surface area (Å²) in [6, 6.07) is 13.5. The lowest BCUT2D eigenvalue weighted by Gasteiger charge is -2.31. The lowest BCUT2D eigenvalue weighted by Crippen LogP contribution is -3.15. The van der Waals surface area contributed by atoms with Gasteiger partial charge < -0.3 is 19.9 Å². The first-order chi connectivity index (χ1) is 14.4. The predicted octanol–water partition coefficient (Wildman–Crippen LogP) is 1.69. The average molecular weight is 415 g/mol. The molecule has 2 aromatic carbocycles. The molecule has 0 atom stereocenters. The van der Waals surface area contributed by atoms with Gasteiger partial charge in [0, 0.05) is 5.69 Å². The van der Waals surface area contributed by atoms with E-state index in [0.717, 1.165) is 16.2 Å². The molecule has 0 aliphatic carbocycles. The topological polar surface area (TPSA) is 63.1 Å². The molecule has 1 fully saturated rings. The molecule has 30 heavy (non-hydrogen) atoms. The maximum atomic E-state index is 12.9. The molecule has 2 aromatic rings. The van der Waals surface area contributed by atoms with Crippen molar-refractivity contribution in [2.75, 3.05) is 44.6 Å². The Hall–Kier alpha value is -2.93. The number of halogens is 1. The van der Waals surface area contributed by atoms with Crippen LogP contribution in [0.3, 0.4) is 0 Å². The molecule has 1 aliphatic heterocycles. The first-order valence-corrected chi connectivity index (χ1v) is 10.3. The van der Waals surface area contributed by atoms with E-state index in [9.17, 15) is 14.0 Å². The number of piperazine rings is 1. The predicted molar refractivity (Wildman–Crippen MR) is 113 cm³/mol. The number of benzene rings is 2. The van der Waals surface area contributed by atoms with Crippen molar-refractivity contribution in [3.8, 4) is 5.75 Å². The molecule has 2 amide bonds. The quantitative estimate of drug-likeness (QED) is 0.725. The molecule has 2 N–H and O–H groups in total. The summed E-state index contributed by atoms with van der Waals surface area (Å²) in [5, 5.41) is 2.78. The summed E-state index contributed by atoms with van der Waals surface area (Å²) in [7, 11) is 0. The van der Waals surface area contributed by atoms with Gasteiger partial charge in [0.2, 0.25) is 0 Å². The minimum atomic E-state index is -0.337. The van der Waals surface area contributed by atoms with Crippen LogP contribution >= 0.6 is 0 Å². The Morgan fingerprint density at radius 2 is 1.77 bits per heavy atom. The molecule has 0 spiro atoms. The number of nitrogens with zero attached hydrogens (tertiary/aromatic N) is 1. The van der Waals surface area contributed by atoms with Crippen molar-refractivity contribution in [3.63, 3.8) is 0 Å². The summed E-state index contributed by atoms with van der Waals surface area (Å²) in [6.07, 6.45) is 0. The standard InChI is InChI=1S/C23H28FN3O3/c1-17(2)20-5-3-4-6-21(20)30-16-23(29)27-13-11-26(12-14-27)15-22(28)25-19-9-7-18(24)8-10-19/h3-10,17H,11-16H2,1-2H3,(H,25,28)/p+1. The number of anilines is 1. The molecule has 0 saturated carbocycles. The molecule has 160 valence electrons. The molecule has 0 bridgehead atoms. The third kappa shape index (κ3) is 6.03. The molecule has 1 saturated heterocycles. The Kier molecular flexibility index (Phi) is 7.41. The van der Waals surface area contributed by atoms with E-state index >= 15 is 0 Å². The van der Waals surface area contributed by atoms with Gasteiger partial charge in [-0.2, -0.15) is 0 Å². The smallest absolute Gasteiger partial charge is 0.279 e. The molecule has 0 radical (unpaired) electrons. The summed E-state index contributed by atoms with van der Waals surface area (Å²) in [5.41, 5.74) is 1.67. The molecule has 1 heterocycles. The van der Waals surface area contributed by atoms with E-state index in [1.807, 2.05) is 24.3 Å². The summed E-state index contributed by atoms with van der Waals surface area (Å²) in [4.78, 5) is 27.6. The van der Waals surface area contributed by atoms with Crippen molar-refractivity contribution < 1.29 is 23.6 Å². The highest BCUT2D eigenvalue weighted by molar-refractivity contribution is 5.91. The molecule has 0 unspecified atom stereocenters. The summed E-state index contributed by atoms with van der Waals surface area (Å²) >= 11 is 0. The van der Waals surface area contributed by atoms with Gasteiger partial charge >= 0.3 is 0 Å². The lowest BCUT2D eigenvalue weighted by atomic mass is 10.0. The van der Waals surface area contributed by atoms with Gasteiger partial charge in [-0.05, 0) is 41.8 Å². The third-order valence-corrected chi connectivity index (χ3v) is 5.25. The normalized spacial score (nSPS) is 14.6. The number of hydrogen-bond donors (Lipinski definition) is 2. The number of carbonyl (C=O) groups is 2. The first-order valence-electron chi connectivity index (χ1n) is 10.3. The fraction of sp³-hybridized carbons (Fsp3) is 0.391. The van der Waals surface area contributed by atoms with Crippen LogP contribution in [0, 0.1) is 5.82 Å². The zero-order valence-corrected chi connectivity index (χ0v) is 17.5. The highest BCUT2D eigenvalue weighted by atomic mass is 19.1. The van der Waals surface area contributed by atoms with Crippen LogP contribution in [0.4, 0.5) is 10.1 Å². The Bertz CT molecular complexity index is 862. The largest absolute Gasteiger partial charge is 0.483 e. The van der Waals surface area contributed by atoms with Crippen molar-refractivity contribution in [1.82, 2.24) is 4.90 Å². The number of hydrogen-bond acceptors (Lipinski definition) is 3. The SMILES string of the molecule is CC(C)c1ccccc1OCC(=O)N1CC[NH+](CC(=O)Nc2ccc(F)cc2)CC1. The van der Waals surface area contributed by atoms with Gasteiger partial charge in [0.25, 0.3) is 11.8 Å². The Balaban J connectivity index is 1.42. The third-order valence-electron chi connectivity index (χ3n) is 5.25. The van der Waals surface area contributed by atoms with Crippen LogP contribution in [0.25, 0.3) is 0 Å². The van der Waals surface area contributed by atoms with E-state index in [1.165, 1.54) is 24.3 Å². The average Bonchev–Trinajstić information content (AvgIpc) is 2.74. The second-order valence-corrected chi connectivity index (χ2v) is 7.84. The van der Waals surface area contributed by atoms with Crippen LogP contribution in [0.2, 0.25) is 0 Å². The van der Waals surface area contributed by atoms with E-state index in [-0.39, 0.29) is 24.2 Å². The van der Waals surface area contributed by atoms with Crippen LogP contribution in [0.5, 0.6) is 5.75 Å². The van der Waals surface area contributed by atoms with Gasteiger partial charge in [0.15, 0.2) is 13.2 Å². The van der Waals surface area contributed by atoms with Crippen LogP contribution in [0.15, 0.2) is 48.5 Å². The van der Waals surface area contributed by atoms with Gasteiger partial charge in [0.1, 0.15) is 11.6 Å². The summed E-state index contributed by atoms with van der Waals surface area (Å²) in [6.45, 7) is 7.11. The van der Waals surface area contributed by atoms with Crippen molar-refractivity contribution in [2.24, 2.45) is 0 Å². The van der Waals surface area contributed by atoms with E-state index in [1.54, 1.807) is 4.90 Å². The van der Waals surface area contributed by atoms with Crippen LogP contribution in [-0.2, 0) is 9.59 Å². The second kappa shape index (κ2) is 10.2. The summed E-state index contributed by atoms with van der Waals surface area (Å²) in [5.74, 6) is 0.580. The number of carbonyl (C=O) groups excluding carboxylic acids is 2. The summed E-state index contributed by atoms with van der Waals surface area (Å²) < 4.78 is 18.7. The molecule has 6 nitrogen and oxygen atoms in total. The molecule has 3 rings (SSSR count). The van der Waals surface area contributed by atoms with Crippen LogP contribution in [-0.4, -0.2) is 56.0 Å². The number of nitrogens with one attached hydrogen (secondary N) is 2. The van der Waals surface area contributed by atoms with Crippen molar-refractivity contribution in [2.45, 2.75) is 19.8 Å². The van der Waals surface area contributed by atoms with E-state index in [0.29, 0.717) is 44.3 Å². The Morgan fingerprint density at radius 3 is 2.43 bits per heavy atom. The minimum Gasteiger partial charge on any atom is -0.483 e. The highest BCUT2D eigenvalue weighted by Crippen LogP contribution is 2.25. The number of amides is 2. The number of para-hydroxylation sites is 1. The zero-order valence-electron chi connectivity index (χ0n) is 17.5. The maximum Gasteiger partial charge on any atom is 0.279 e. The zero-order chi connectivity index (χ0) is 21.5. The van der Waals surface area contributed by atoms with Crippen LogP contribution in [0.1, 0.15) is 25.3 Å². The molecular weight excluding hydrogens is 385 g/mol. The Morgan fingerprint density at radius 1 is 1.10 bits per heavy atom. The van der Waals surface area contributed by atoms with E-state index < -0.39 is 0 Å². The highest BCUT2D eigenvalue weighted by Gasteiger charge is 2.25. The van der Waals surface area contributed by atoms with Gasteiger partial charge in [-0.15, -0.1) is 0 Å². The van der Waals surface area contributed by atoms with Crippen LogP contribution < -0.4 is 15.0 Å². The van der Waals surface area contributed by atoms with E-state index in [2.05, 4.69) is 19.2 Å². The lowest BCUT2D eigenvalue weighted by molar-refractivity contribution is -0.895. The maximum absolute atomic E-state index is 12.9. The molecular formula is C23H29FN3O3+. The molecule has 1 aliphatic rings. The Labute approximate surface area is 176 Å². The number of rotatable bonds is 7. The monoisotopic (exact) mass is 414 g/mol. The first kappa shape index (κ1) is 21.8. The fourth-order valence-corrected chi connectivity index (χ4v) is 3.53. The number of quaternary nitrogens is 1. The number of ether oxygens (including phenoxy) is 1. The van der Waals surface area contributed by atoms with Crippen molar-refractivity contribution in [1.29, 1.82) is 0 Å². The van der Waals surface area contributed by atoms with Gasteiger partial charge in [-0.25, -0.2) is 4.39 Å². The fourth-order valence-electron chi connectivity index (χ4n) is 3.53. The van der Waals surface area contributed by atoms with Gasteiger partial charge in [-0.1, -0.05) is 32.0 Å². The van der Waals surface area contributed by atoms with E-state index in [4.69, 9.17) is 4.74 Å². The van der Waals surface area contributed by atoms with Gasteiger partial charge in [-0.3, -0.25) is 9.59 Å². The van der Waals surface area contributed by atoms with Gasteiger partial charge in [0.05, 0.1) is 26.2 Å². The second-order valence-electron chi connectivity index (χ2n) is 7.84. The van der Waals surface area contributed by atoms with Crippen molar-refractivity contribution in [3.05, 3.63) is 59.9 Å². The van der Waals surface area contributed by atoms with Crippen molar-refractivity contribution >= 4 is 17.5 Å². The minimum absolute atomic E-state index is 0.0180. The molecule has 0 aromatic heterocycles.